The van der Waals surface area contributed by atoms with Crippen molar-refractivity contribution >= 4 is 39.6 Å². The Morgan fingerprint density at radius 2 is 2.04 bits per heavy atom. The molecule has 0 saturated heterocycles. The van der Waals surface area contributed by atoms with Crippen LogP contribution in [0.15, 0.2) is 30.7 Å². The summed E-state index contributed by atoms with van der Waals surface area (Å²) in [4.78, 5) is 8.77. The van der Waals surface area contributed by atoms with Crippen LogP contribution in [0.2, 0.25) is 0 Å². The normalized spacial score (nSPS) is 12.1. The van der Waals surface area contributed by atoms with Crippen molar-refractivity contribution in [1.29, 1.82) is 0 Å². The molecule has 1 aromatic carbocycles. The third kappa shape index (κ3) is 2.48. The van der Waals surface area contributed by atoms with Gasteiger partial charge < -0.3 is 5.32 Å². The van der Waals surface area contributed by atoms with Crippen LogP contribution in [0.1, 0.15) is 26.3 Å². The van der Waals surface area contributed by atoms with Gasteiger partial charge in [-0.1, -0.05) is 12.1 Å². The molecule has 0 fully saturated rings. The number of hydrogen-bond donors (Lipinski definition) is 1. The maximum atomic E-state index is 4.48. The number of anilines is 1. The van der Waals surface area contributed by atoms with Crippen molar-refractivity contribution < 1.29 is 0 Å². The van der Waals surface area contributed by atoms with Crippen LogP contribution in [0.4, 0.5) is 5.82 Å². The third-order valence-electron chi connectivity index (χ3n) is 3.82. The maximum absolute atomic E-state index is 4.48. The summed E-state index contributed by atoms with van der Waals surface area (Å²) in [6.45, 7) is 6.93. The second kappa shape index (κ2) is 5.48. The molecule has 0 aliphatic carbocycles. The van der Waals surface area contributed by atoms with E-state index in [1.807, 2.05) is 29.1 Å². The van der Waals surface area contributed by atoms with Crippen LogP contribution >= 0.6 is 11.7 Å². The average Bonchev–Trinajstić information content (AvgIpc) is 3.18. The van der Waals surface area contributed by atoms with Gasteiger partial charge in [0.2, 0.25) is 0 Å². The van der Waals surface area contributed by atoms with E-state index in [-0.39, 0.29) is 5.54 Å². The van der Waals surface area contributed by atoms with Crippen LogP contribution in [0.5, 0.6) is 0 Å². The van der Waals surface area contributed by atoms with Gasteiger partial charge in [0.1, 0.15) is 23.2 Å². The molecule has 24 heavy (non-hydrogen) atoms. The first-order valence-corrected chi connectivity index (χ1v) is 8.40. The molecular formula is C16H17N7S. The lowest BCUT2D eigenvalue weighted by molar-refractivity contribution is 0.366. The second-order valence-corrected chi connectivity index (χ2v) is 7.12. The summed E-state index contributed by atoms with van der Waals surface area (Å²) in [5.74, 6) is 0.774. The van der Waals surface area contributed by atoms with Gasteiger partial charge in [-0.3, -0.25) is 0 Å². The summed E-state index contributed by atoms with van der Waals surface area (Å²) < 4.78 is 10.6. The number of rotatable bonds is 3. The minimum absolute atomic E-state index is 0.134. The summed E-state index contributed by atoms with van der Waals surface area (Å²) in [7, 11) is 0. The summed E-state index contributed by atoms with van der Waals surface area (Å²) >= 11 is 1.23. The highest BCUT2D eigenvalue weighted by Crippen LogP contribution is 2.25. The molecule has 4 rings (SSSR count). The largest absolute Gasteiger partial charge is 0.365 e. The van der Waals surface area contributed by atoms with E-state index in [2.05, 4.69) is 49.9 Å². The molecule has 122 valence electrons. The average molecular weight is 339 g/mol. The molecule has 1 N–H and O–H groups in total. The van der Waals surface area contributed by atoms with Gasteiger partial charge in [-0.2, -0.15) is 13.8 Å². The van der Waals surface area contributed by atoms with Gasteiger partial charge in [0, 0.05) is 12.1 Å². The molecule has 0 radical (unpaired) electrons. The fourth-order valence-corrected chi connectivity index (χ4v) is 3.23. The van der Waals surface area contributed by atoms with Crippen LogP contribution in [0, 0.1) is 0 Å². The van der Waals surface area contributed by atoms with E-state index in [1.54, 1.807) is 6.33 Å². The van der Waals surface area contributed by atoms with E-state index in [1.165, 1.54) is 11.7 Å². The van der Waals surface area contributed by atoms with Crippen molar-refractivity contribution in [2.75, 3.05) is 5.32 Å². The van der Waals surface area contributed by atoms with Gasteiger partial charge in [-0.25, -0.2) is 14.6 Å². The van der Waals surface area contributed by atoms with Gasteiger partial charge in [0.05, 0.1) is 28.9 Å². The van der Waals surface area contributed by atoms with Gasteiger partial charge in [-0.15, -0.1) is 0 Å². The van der Waals surface area contributed by atoms with Gasteiger partial charge >= 0.3 is 0 Å². The molecule has 0 saturated carbocycles. The summed E-state index contributed by atoms with van der Waals surface area (Å²) in [5, 5.41) is 8.77. The highest BCUT2D eigenvalue weighted by atomic mass is 32.1. The van der Waals surface area contributed by atoms with E-state index in [0.29, 0.717) is 6.54 Å². The van der Waals surface area contributed by atoms with Crippen LogP contribution in [0.3, 0.4) is 0 Å². The number of aromatic nitrogens is 6. The van der Waals surface area contributed by atoms with Crippen LogP contribution in [-0.4, -0.2) is 28.5 Å². The van der Waals surface area contributed by atoms with Crippen molar-refractivity contribution in [1.82, 2.24) is 28.5 Å². The molecule has 3 aromatic heterocycles. The molecule has 0 aliphatic heterocycles. The van der Waals surface area contributed by atoms with Crippen molar-refractivity contribution in [3.8, 4) is 0 Å². The Kier molecular flexibility index (Phi) is 3.42. The van der Waals surface area contributed by atoms with Crippen molar-refractivity contribution in [3.05, 3.63) is 36.3 Å². The molecule has 0 spiro atoms. The number of hydrogen-bond acceptors (Lipinski definition) is 7. The minimum atomic E-state index is -0.134. The van der Waals surface area contributed by atoms with Crippen LogP contribution in [-0.2, 0) is 12.1 Å². The first kappa shape index (κ1) is 14.9. The van der Waals surface area contributed by atoms with Crippen molar-refractivity contribution in [2.45, 2.75) is 32.9 Å². The Labute approximate surface area is 143 Å². The zero-order valence-electron chi connectivity index (χ0n) is 13.7. The quantitative estimate of drug-likeness (QED) is 0.617. The lowest BCUT2D eigenvalue weighted by atomic mass is 10.1. The zero-order valence-corrected chi connectivity index (χ0v) is 14.5. The first-order chi connectivity index (χ1) is 11.5. The molecule has 0 amide bonds. The Morgan fingerprint density at radius 1 is 1.17 bits per heavy atom. The van der Waals surface area contributed by atoms with E-state index in [0.717, 1.165) is 33.4 Å². The molecule has 0 atom stereocenters. The number of nitrogens with one attached hydrogen (secondary N) is 1. The molecular weight excluding hydrogens is 322 g/mol. The molecule has 3 heterocycles. The third-order valence-corrected chi connectivity index (χ3v) is 4.36. The van der Waals surface area contributed by atoms with Crippen molar-refractivity contribution in [3.63, 3.8) is 0 Å². The summed E-state index contributed by atoms with van der Waals surface area (Å²) in [5.41, 5.74) is 3.65. The molecule has 0 bridgehead atoms. The lowest BCUT2D eigenvalue weighted by Crippen LogP contribution is -2.23. The smallest absolute Gasteiger partial charge is 0.163 e. The monoisotopic (exact) mass is 339 g/mol. The van der Waals surface area contributed by atoms with E-state index < -0.39 is 0 Å². The molecule has 0 unspecified atom stereocenters. The molecule has 8 heteroatoms. The Bertz CT molecular complexity index is 1010. The zero-order chi connectivity index (χ0) is 16.7. The highest BCUT2D eigenvalue weighted by Gasteiger charge is 2.19. The van der Waals surface area contributed by atoms with Crippen LogP contribution in [0.25, 0.3) is 22.1 Å². The SMILES string of the molecule is CC(C)(C)n1ncc2c(NCc3cccc4nsnc34)ncnc21. The number of fused-ring (bicyclic) bond motifs is 2. The predicted octanol–water partition coefficient (Wildman–Crippen LogP) is 3.20. The molecule has 0 aliphatic rings. The highest BCUT2D eigenvalue weighted by molar-refractivity contribution is 7.00. The topological polar surface area (TPSA) is 81.4 Å². The second-order valence-electron chi connectivity index (χ2n) is 6.59. The fourth-order valence-electron chi connectivity index (χ4n) is 2.66. The standard InChI is InChI=1S/C16H17N7S/c1-16(2,3)23-15-11(8-20-23)14(18-9-19-15)17-7-10-5-4-6-12-13(10)22-24-21-12/h4-6,8-9H,7H2,1-3H3,(H,17,18,19). The van der Waals surface area contributed by atoms with E-state index in [4.69, 9.17) is 0 Å². The van der Waals surface area contributed by atoms with Gasteiger partial charge in [-0.05, 0) is 26.8 Å². The Balaban J connectivity index is 1.68. The summed E-state index contributed by atoms with van der Waals surface area (Å²) in [6.07, 6.45) is 3.38. The first-order valence-electron chi connectivity index (χ1n) is 7.67. The molecule has 4 aromatic rings. The van der Waals surface area contributed by atoms with E-state index in [9.17, 15) is 0 Å². The van der Waals surface area contributed by atoms with Crippen molar-refractivity contribution in [2.24, 2.45) is 0 Å². The fraction of sp³-hybridized carbons (Fsp3) is 0.312. The number of benzene rings is 1. The maximum Gasteiger partial charge on any atom is 0.163 e. The van der Waals surface area contributed by atoms with Crippen LogP contribution < -0.4 is 5.32 Å². The lowest BCUT2D eigenvalue weighted by Gasteiger charge is -2.19. The van der Waals surface area contributed by atoms with Gasteiger partial charge in [0.15, 0.2) is 5.65 Å². The van der Waals surface area contributed by atoms with Gasteiger partial charge in [0.25, 0.3) is 0 Å². The van der Waals surface area contributed by atoms with E-state index >= 15 is 0 Å². The number of nitrogens with zero attached hydrogens (tertiary/aromatic N) is 6. The Hall–Kier alpha value is -2.61. The summed E-state index contributed by atoms with van der Waals surface area (Å²) in [6, 6.07) is 6.01. The predicted molar refractivity (Wildman–Crippen MR) is 95.1 cm³/mol. The molecule has 7 nitrogen and oxygen atoms in total. The Morgan fingerprint density at radius 3 is 2.88 bits per heavy atom. The minimum Gasteiger partial charge on any atom is -0.365 e.